The first-order valence-electron chi connectivity index (χ1n) is 13.2. The average Bonchev–Trinajstić information content (AvgIpc) is 2.98. The molecule has 2 aromatic heterocycles. The third kappa shape index (κ3) is 3.06. The average molecular weight is 555 g/mol. The summed E-state index contributed by atoms with van der Waals surface area (Å²) in [4.78, 5) is 18.7. The smallest absolute Gasteiger partial charge is 0.163 e. The molecule has 0 aliphatic carbocycles. The van der Waals surface area contributed by atoms with Gasteiger partial charge >= 0.3 is 0 Å². The van der Waals surface area contributed by atoms with E-state index in [-0.39, 0.29) is 22.8 Å². The summed E-state index contributed by atoms with van der Waals surface area (Å²) in [7, 11) is 0. The Balaban J connectivity index is 1.34. The summed E-state index contributed by atoms with van der Waals surface area (Å²) in [6, 6.07) is 22.3. The lowest BCUT2D eigenvalue weighted by molar-refractivity contribution is 0.584. The Morgan fingerprint density at radius 1 is 0.357 bits per heavy atom. The first kappa shape index (κ1) is 23.2. The number of hydrogen-bond acceptors (Lipinski definition) is 4. The topological polar surface area (TPSA) is 51.6 Å². The van der Waals surface area contributed by atoms with E-state index in [1.54, 1.807) is 0 Å². The van der Waals surface area contributed by atoms with Gasteiger partial charge in [-0.05, 0) is 70.1 Å². The summed E-state index contributed by atoms with van der Waals surface area (Å²) in [6.45, 7) is 0. The van der Waals surface area contributed by atoms with E-state index in [0.717, 1.165) is 55.2 Å². The molecule has 9 aromatic rings. The van der Waals surface area contributed by atoms with Crippen LogP contribution in [0.25, 0.3) is 87.9 Å². The number of hydrogen-bond donors (Lipinski definition) is 0. The second kappa shape index (κ2) is 8.04. The second-order valence-electron chi connectivity index (χ2n) is 10.4. The molecule has 8 heteroatoms. The zero-order valence-corrected chi connectivity index (χ0v) is 21.4. The molecule has 0 fully saturated rings. The zero-order valence-electron chi connectivity index (χ0n) is 21.4. The van der Waals surface area contributed by atoms with Crippen LogP contribution in [-0.2, 0) is 0 Å². The molecule has 0 N–H and O–H groups in total. The molecule has 0 spiro atoms. The largest absolute Gasteiger partial charge is 0.228 e. The molecule has 0 aliphatic heterocycles. The fourth-order valence-electron chi connectivity index (χ4n) is 6.28. The quantitative estimate of drug-likeness (QED) is 0.122. The molecule has 0 saturated heterocycles. The number of halogens is 4. The maximum Gasteiger partial charge on any atom is 0.163 e. The highest BCUT2D eigenvalue weighted by Gasteiger charge is 2.21. The van der Waals surface area contributed by atoms with Gasteiger partial charge in [-0.25, -0.2) is 37.5 Å². The van der Waals surface area contributed by atoms with Crippen molar-refractivity contribution < 1.29 is 17.6 Å². The van der Waals surface area contributed by atoms with Crippen molar-refractivity contribution in [1.82, 2.24) is 19.9 Å². The Morgan fingerprint density at radius 2 is 0.690 bits per heavy atom. The number of benzene rings is 7. The normalized spacial score (nSPS) is 12.3. The zero-order chi connectivity index (χ0) is 28.3. The van der Waals surface area contributed by atoms with Crippen LogP contribution in [-0.4, -0.2) is 19.9 Å². The van der Waals surface area contributed by atoms with Gasteiger partial charge in [-0.2, -0.15) is 0 Å². The number of rotatable bonds is 2. The van der Waals surface area contributed by atoms with Crippen LogP contribution in [0.15, 0.2) is 84.9 Å². The van der Waals surface area contributed by atoms with Gasteiger partial charge in [0.15, 0.2) is 11.6 Å². The van der Waals surface area contributed by atoms with Crippen LogP contribution in [0.1, 0.15) is 0 Å². The highest BCUT2D eigenvalue weighted by atomic mass is 19.1. The van der Waals surface area contributed by atoms with Gasteiger partial charge in [0.2, 0.25) is 0 Å². The standard InChI is InChI=1S/C34H14F4N4/c35-15-1-3-21(23(37)13-15)33-39-25-9-5-17-19-7-11-27-32-28(42-34(41-27)22-4-2-16(36)14-24(22)38)12-8-20(30(19)32)18-6-10-26(40-33)31(25)29(17)18/h1-14H. The molecule has 0 unspecified atom stereocenters. The molecule has 2 heterocycles. The lowest BCUT2D eigenvalue weighted by Gasteiger charge is -2.18. The van der Waals surface area contributed by atoms with Gasteiger partial charge in [0.25, 0.3) is 0 Å². The molecule has 198 valence electrons. The van der Waals surface area contributed by atoms with Gasteiger partial charge in [-0.3, -0.25) is 0 Å². The molecule has 0 aliphatic rings. The molecule has 0 bridgehead atoms. The Bertz CT molecular complexity index is 2290. The minimum Gasteiger partial charge on any atom is -0.228 e. The molecule has 0 saturated carbocycles. The lowest BCUT2D eigenvalue weighted by Crippen LogP contribution is -1.98. The number of fused-ring (bicyclic) bond motifs is 2. The van der Waals surface area contributed by atoms with Crippen LogP contribution in [0.2, 0.25) is 0 Å². The molecule has 9 rings (SSSR count). The van der Waals surface area contributed by atoms with E-state index in [2.05, 4.69) is 19.9 Å². The minimum atomic E-state index is -0.724. The van der Waals surface area contributed by atoms with E-state index in [4.69, 9.17) is 0 Å². The first-order valence-corrected chi connectivity index (χ1v) is 13.2. The number of nitrogens with zero attached hydrogens (tertiary/aromatic N) is 4. The Kier molecular flexibility index (Phi) is 4.45. The predicted octanol–water partition coefficient (Wildman–Crippen LogP) is 8.95. The third-order valence-electron chi connectivity index (χ3n) is 8.06. The van der Waals surface area contributed by atoms with Crippen LogP contribution < -0.4 is 0 Å². The molecule has 42 heavy (non-hydrogen) atoms. The molecule has 0 atom stereocenters. The van der Waals surface area contributed by atoms with Crippen LogP contribution in [0.3, 0.4) is 0 Å². The second-order valence-corrected chi connectivity index (χ2v) is 10.4. The Labute approximate surface area is 233 Å². The summed E-state index contributed by atoms with van der Waals surface area (Å²) in [5, 5.41) is 7.63. The van der Waals surface area contributed by atoms with E-state index in [1.807, 2.05) is 48.5 Å². The Hall–Kier alpha value is -5.50. The van der Waals surface area contributed by atoms with Gasteiger partial charge in [-0.1, -0.05) is 24.3 Å². The monoisotopic (exact) mass is 554 g/mol. The van der Waals surface area contributed by atoms with E-state index >= 15 is 0 Å². The maximum atomic E-state index is 14.6. The van der Waals surface area contributed by atoms with Crippen molar-refractivity contribution in [3.63, 3.8) is 0 Å². The van der Waals surface area contributed by atoms with Crippen molar-refractivity contribution in [3.05, 3.63) is 108 Å². The van der Waals surface area contributed by atoms with E-state index < -0.39 is 23.3 Å². The summed E-state index contributed by atoms with van der Waals surface area (Å²) in [6.07, 6.45) is 0. The molecular formula is C34H14F4N4. The Morgan fingerprint density at radius 3 is 1.00 bits per heavy atom. The maximum absolute atomic E-state index is 14.6. The van der Waals surface area contributed by atoms with Crippen LogP contribution in [0, 0.1) is 23.3 Å². The fraction of sp³-hybridized carbons (Fsp3) is 0. The predicted molar refractivity (Wildman–Crippen MR) is 156 cm³/mol. The van der Waals surface area contributed by atoms with Gasteiger partial charge in [0, 0.05) is 33.7 Å². The molecule has 4 nitrogen and oxygen atoms in total. The van der Waals surface area contributed by atoms with Crippen molar-refractivity contribution in [2.75, 3.05) is 0 Å². The van der Waals surface area contributed by atoms with Crippen LogP contribution in [0.5, 0.6) is 0 Å². The SMILES string of the molecule is Fc1ccc(-c2nc3ccc4c5ccc6nc(-c7ccc(F)cc7F)nc7ccc(c8ccc(n2)c3c48)c5c67)c(F)c1. The first-order chi connectivity index (χ1) is 20.4. The highest BCUT2D eigenvalue weighted by molar-refractivity contribution is 6.38. The van der Waals surface area contributed by atoms with Crippen molar-refractivity contribution in [3.8, 4) is 22.8 Å². The summed E-state index contributed by atoms with van der Waals surface area (Å²) < 4.78 is 56.3. The van der Waals surface area contributed by atoms with Gasteiger partial charge in [0.1, 0.15) is 23.3 Å². The van der Waals surface area contributed by atoms with Crippen molar-refractivity contribution in [1.29, 1.82) is 0 Å². The lowest BCUT2D eigenvalue weighted by atomic mass is 9.88. The van der Waals surface area contributed by atoms with Crippen molar-refractivity contribution in [2.24, 2.45) is 0 Å². The van der Waals surface area contributed by atoms with Crippen molar-refractivity contribution >= 4 is 65.2 Å². The van der Waals surface area contributed by atoms with E-state index in [9.17, 15) is 17.6 Å². The number of aromatic nitrogens is 4. The van der Waals surface area contributed by atoms with E-state index in [1.165, 1.54) is 24.3 Å². The molecule has 7 aromatic carbocycles. The highest BCUT2D eigenvalue weighted by Crippen LogP contribution is 2.45. The molecular weight excluding hydrogens is 540 g/mol. The van der Waals surface area contributed by atoms with Gasteiger partial charge in [0.05, 0.1) is 33.2 Å². The summed E-state index contributed by atoms with van der Waals surface area (Å²) in [5.41, 5.74) is 2.87. The van der Waals surface area contributed by atoms with Crippen LogP contribution in [0.4, 0.5) is 17.6 Å². The minimum absolute atomic E-state index is 0.129. The molecule has 0 amide bonds. The van der Waals surface area contributed by atoms with Crippen LogP contribution >= 0.6 is 0 Å². The molecule has 0 radical (unpaired) electrons. The van der Waals surface area contributed by atoms with E-state index in [0.29, 0.717) is 22.1 Å². The van der Waals surface area contributed by atoms with Crippen molar-refractivity contribution in [2.45, 2.75) is 0 Å². The fourth-order valence-corrected chi connectivity index (χ4v) is 6.28. The summed E-state index contributed by atoms with van der Waals surface area (Å²) in [5.74, 6) is -2.40. The van der Waals surface area contributed by atoms with Gasteiger partial charge in [-0.15, -0.1) is 0 Å². The third-order valence-corrected chi connectivity index (χ3v) is 8.06. The summed E-state index contributed by atoms with van der Waals surface area (Å²) >= 11 is 0. The van der Waals surface area contributed by atoms with Gasteiger partial charge < -0.3 is 0 Å².